The van der Waals surface area contributed by atoms with Gasteiger partial charge in [-0.05, 0) is 39.2 Å². The highest BCUT2D eigenvalue weighted by Crippen LogP contribution is 2.17. The molecule has 0 bridgehead atoms. The lowest BCUT2D eigenvalue weighted by Gasteiger charge is -2.14. The summed E-state index contributed by atoms with van der Waals surface area (Å²) in [5, 5.41) is 0. The number of carbonyl (C=O) groups is 1. The smallest absolute Gasteiger partial charge is 0.322 e. The molecule has 0 heterocycles. The fourth-order valence-electron chi connectivity index (χ4n) is 1.49. The highest BCUT2D eigenvalue weighted by Gasteiger charge is 2.25. The van der Waals surface area contributed by atoms with Crippen molar-refractivity contribution in [1.82, 2.24) is 0 Å². The summed E-state index contributed by atoms with van der Waals surface area (Å²) >= 11 is 4.72. The predicted octanol–water partition coefficient (Wildman–Crippen LogP) is 2.84. The van der Waals surface area contributed by atoms with E-state index in [0.29, 0.717) is 46.2 Å². The minimum atomic E-state index is -0.663. The minimum Gasteiger partial charge on any atom is -0.462 e. The van der Waals surface area contributed by atoms with Gasteiger partial charge in [-0.15, -0.1) is 0 Å². The summed E-state index contributed by atoms with van der Waals surface area (Å²) in [7, 11) is 0. The van der Waals surface area contributed by atoms with Gasteiger partial charge in [-0.25, -0.2) is 0 Å². The molecule has 0 aromatic carbocycles. The van der Waals surface area contributed by atoms with Crippen molar-refractivity contribution < 1.29 is 32.7 Å². The molecule has 26 heavy (non-hydrogen) atoms. The van der Waals surface area contributed by atoms with Crippen LogP contribution in [0.5, 0.6) is 0 Å². The first kappa shape index (κ1) is 26.1. The second-order valence-electron chi connectivity index (χ2n) is 5.64. The summed E-state index contributed by atoms with van der Waals surface area (Å²) in [5.41, 5.74) is 0. The van der Waals surface area contributed by atoms with Crippen molar-refractivity contribution >= 4 is 33.9 Å². The zero-order valence-corrected chi connectivity index (χ0v) is 18.5. The van der Waals surface area contributed by atoms with Crippen molar-refractivity contribution in [2.45, 2.75) is 31.5 Å². The minimum absolute atomic E-state index is 0.237. The van der Waals surface area contributed by atoms with E-state index in [4.69, 9.17) is 27.9 Å². The lowest BCUT2D eigenvalue weighted by Crippen LogP contribution is -2.27. The Hall–Kier alpha value is 0.100. The van der Waals surface area contributed by atoms with Gasteiger partial charge in [0.25, 0.3) is 0 Å². The Morgan fingerprint density at radius 2 is 1.31 bits per heavy atom. The van der Waals surface area contributed by atoms with Crippen LogP contribution in [0.4, 0.5) is 0 Å². The van der Waals surface area contributed by atoms with E-state index in [2.05, 4.69) is 15.9 Å². The van der Waals surface area contributed by atoms with Crippen LogP contribution in [0.3, 0.4) is 0 Å². The maximum Gasteiger partial charge on any atom is 0.322 e. The van der Waals surface area contributed by atoms with Crippen LogP contribution in [0, 0.1) is 0 Å². The van der Waals surface area contributed by atoms with Crippen molar-refractivity contribution in [1.29, 1.82) is 0 Å². The quantitative estimate of drug-likeness (QED) is 0.126. The van der Waals surface area contributed by atoms with Gasteiger partial charge in [0.2, 0.25) is 0 Å². The molecular formula is C17H33BrO7S. The molecule has 0 atom stereocenters. The molecule has 0 fully saturated rings. The fourth-order valence-corrected chi connectivity index (χ4v) is 2.12. The van der Waals surface area contributed by atoms with Crippen LogP contribution in [0.1, 0.15) is 27.2 Å². The molecule has 0 N–H and O–H groups in total. The maximum absolute atomic E-state index is 11.5. The molecule has 0 aromatic rings. The Morgan fingerprint density at radius 3 is 1.77 bits per heavy atom. The van der Waals surface area contributed by atoms with Crippen LogP contribution >= 0.6 is 28.0 Å². The normalized spacial score (nSPS) is 11.7. The molecule has 0 unspecified atom stereocenters. The largest absolute Gasteiger partial charge is 0.462 e. The number of hydrogen-bond acceptors (Lipinski definition) is 8. The predicted molar refractivity (Wildman–Crippen MR) is 106 cm³/mol. The standard InChI is InChI=1S/C17H33BrO7S/c1-4-25-26-15-5-6-20-7-8-21-9-10-22-11-12-23-13-14-24-16(19)17(2,3)18/h4-15H2,1-3H3. The number of rotatable bonds is 19. The molecule has 9 heteroatoms. The molecule has 156 valence electrons. The van der Waals surface area contributed by atoms with Crippen LogP contribution in [-0.2, 0) is 32.7 Å². The van der Waals surface area contributed by atoms with E-state index in [-0.39, 0.29) is 12.6 Å². The fraction of sp³-hybridized carbons (Fsp3) is 0.941. The van der Waals surface area contributed by atoms with Gasteiger partial charge in [-0.2, -0.15) is 0 Å². The zero-order valence-electron chi connectivity index (χ0n) is 16.1. The lowest BCUT2D eigenvalue weighted by atomic mass is 10.2. The van der Waals surface area contributed by atoms with Crippen LogP contribution in [0.15, 0.2) is 0 Å². The average molecular weight is 461 g/mol. The zero-order chi connectivity index (χ0) is 19.5. The van der Waals surface area contributed by atoms with Gasteiger partial charge in [-0.3, -0.25) is 4.79 Å². The second-order valence-corrected chi connectivity index (χ2v) is 8.50. The van der Waals surface area contributed by atoms with Crippen molar-refractivity contribution in [3.8, 4) is 0 Å². The Labute approximate surface area is 170 Å². The SMILES string of the molecule is CCOSCCCOCCOCCOCCOCCOC(=O)C(C)(C)Br. The number of esters is 1. The third-order valence-corrected chi connectivity index (χ3v) is 3.96. The summed E-state index contributed by atoms with van der Waals surface area (Å²) in [6, 6.07) is 0. The summed E-state index contributed by atoms with van der Waals surface area (Å²) in [4.78, 5) is 11.5. The monoisotopic (exact) mass is 460 g/mol. The molecule has 0 aliphatic rings. The molecule has 0 aliphatic carbocycles. The van der Waals surface area contributed by atoms with Crippen LogP contribution in [-0.4, -0.2) is 82.1 Å². The van der Waals surface area contributed by atoms with E-state index >= 15 is 0 Å². The number of carbonyl (C=O) groups excluding carboxylic acids is 1. The van der Waals surface area contributed by atoms with Crippen molar-refractivity contribution in [2.75, 3.05) is 71.8 Å². The summed E-state index contributed by atoms with van der Waals surface area (Å²) in [6.45, 7) is 10.6. The van der Waals surface area contributed by atoms with E-state index in [0.717, 1.165) is 25.4 Å². The van der Waals surface area contributed by atoms with Gasteiger partial charge in [0.05, 0.1) is 52.9 Å². The molecule has 0 saturated carbocycles. The maximum atomic E-state index is 11.5. The first-order chi connectivity index (χ1) is 12.5. The van der Waals surface area contributed by atoms with Crippen molar-refractivity contribution in [3.63, 3.8) is 0 Å². The van der Waals surface area contributed by atoms with Crippen molar-refractivity contribution in [3.05, 3.63) is 0 Å². The van der Waals surface area contributed by atoms with Gasteiger partial charge in [0.1, 0.15) is 10.9 Å². The van der Waals surface area contributed by atoms with Gasteiger partial charge in [0.15, 0.2) is 0 Å². The first-order valence-electron chi connectivity index (χ1n) is 8.90. The number of hydrogen-bond donors (Lipinski definition) is 0. The molecule has 0 saturated heterocycles. The molecule has 0 rings (SSSR count). The Balaban J connectivity index is 3.10. The van der Waals surface area contributed by atoms with Gasteiger partial charge >= 0.3 is 5.97 Å². The van der Waals surface area contributed by atoms with Crippen LogP contribution < -0.4 is 0 Å². The molecule has 0 amide bonds. The van der Waals surface area contributed by atoms with Gasteiger partial charge < -0.3 is 27.9 Å². The molecule has 0 radical (unpaired) electrons. The molecule has 0 spiro atoms. The Bertz CT molecular complexity index is 327. The number of alkyl halides is 1. The molecule has 7 nitrogen and oxygen atoms in total. The van der Waals surface area contributed by atoms with Crippen LogP contribution in [0.2, 0.25) is 0 Å². The van der Waals surface area contributed by atoms with E-state index in [1.165, 1.54) is 12.0 Å². The summed E-state index contributed by atoms with van der Waals surface area (Å²) in [6.07, 6.45) is 0.973. The van der Waals surface area contributed by atoms with E-state index in [1.807, 2.05) is 6.92 Å². The molecular weight excluding hydrogens is 428 g/mol. The lowest BCUT2D eigenvalue weighted by molar-refractivity contribution is -0.147. The molecule has 0 aliphatic heterocycles. The summed E-state index contributed by atoms with van der Waals surface area (Å²) < 4.78 is 31.1. The van der Waals surface area contributed by atoms with E-state index in [1.54, 1.807) is 13.8 Å². The number of ether oxygens (including phenoxy) is 5. The Morgan fingerprint density at radius 1 is 0.846 bits per heavy atom. The number of halogens is 1. The van der Waals surface area contributed by atoms with Gasteiger partial charge in [0, 0.05) is 12.4 Å². The topological polar surface area (TPSA) is 72.5 Å². The second kappa shape index (κ2) is 18.5. The van der Waals surface area contributed by atoms with Gasteiger partial charge in [-0.1, -0.05) is 15.9 Å². The highest BCUT2D eigenvalue weighted by atomic mass is 79.9. The summed E-state index contributed by atoms with van der Waals surface area (Å²) in [5.74, 6) is 0.643. The third kappa shape index (κ3) is 18.9. The third-order valence-electron chi connectivity index (χ3n) is 2.78. The van der Waals surface area contributed by atoms with E-state index in [9.17, 15) is 4.79 Å². The van der Waals surface area contributed by atoms with Crippen molar-refractivity contribution in [2.24, 2.45) is 0 Å². The van der Waals surface area contributed by atoms with E-state index < -0.39 is 4.32 Å². The average Bonchev–Trinajstić information content (AvgIpc) is 2.59. The highest BCUT2D eigenvalue weighted by molar-refractivity contribution is 9.10. The van der Waals surface area contributed by atoms with Crippen LogP contribution in [0.25, 0.3) is 0 Å². The molecule has 0 aromatic heterocycles. The first-order valence-corrected chi connectivity index (χ1v) is 10.6. The Kier molecular flexibility index (Phi) is 18.5.